The predicted octanol–water partition coefficient (Wildman–Crippen LogP) is -1.01. The van der Waals surface area contributed by atoms with Gasteiger partial charge in [-0.15, -0.1) is 0 Å². The molecule has 3 rings (SSSR count). The van der Waals surface area contributed by atoms with Crippen molar-refractivity contribution in [2.75, 3.05) is 66.1 Å². The van der Waals surface area contributed by atoms with E-state index in [1.807, 2.05) is 0 Å². The van der Waals surface area contributed by atoms with Crippen LogP contribution in [0.2, 0.25) is 0 Å². The molecule has 23 heavy (non-hydrogen) atoms. The number of nitrogens with one attached hydrogen (secondary N) is 1. The number of piperazine rings is 2. The zero-order chi connectivity index (χ0) is 16.2. The fourth-order valence-corrected chi connectivity index (χ4v) is 3.89. The van der Waals surface area contributed by atoms with Crippen molar-refractivity contribution in [2.45, 2.75) is 18.9 Å². The molecule has 0 radical (unpaired) electrons. The summed E-state index contributed by atoms with van der Waals surface area (Å²) in [5.74, 6) is 0.757. The summed E-state index contributed by atoms with van der Waals surface area (Å²) in [5, 5.41) is 2.71. The summed E-state index contributed by atoms with van der Waals surface area (Å²) in [6, 6.07) is -0.285. The molecular formula is C16H28N4O3. The average molecular weight is 324 g/mol. The lowest BCUT2D eigenvalue weighted by Gasteiger charge is -2.44. The molecule has 0 aromatic carbocycles. The lowest BCUT2D eigenvalue weighted by molar-refractivity contribution is -0.149. The maximum absolute atomic E-state index is 12.0. The second-order valence-corrected chi connectivity index (χ2v) is 6.86. The van der Waals surface area contributed by atoms with Crippen LogP contribution in [0.5, 0.6) is 0 Å². The molecular weight excluding hydrogens is 296 g/mol. The van der Waals surface area contributed by atoms with Crippen LogP contribution in [-0.2, 0) is 14.3 Å². The Kier molecular flexibility index (Phi) is 5.50. The van der Waals surface area contributed by atoms with Gasteiger partial charge in [0, 0.05) is 39.8 Å². The Hall–Kier alpha value is -1.18. The summed E-state index contributed by atoms with van der Waals surface area (Å²) < 4.78 is 5.14. The van der Waals surface area contributed by atoms with Crippen molar-refractivity contribution in [3.05, 3.63) is 0 Å². The molecule has 0 unspecified atom stereocenters. The first-order chi connectivity index (χ1) is 11.2. The maximum atomic E-state index is 12.0. The largest absolute Gasteiger partial charge is 0.383 e. The van der Waals surface area contributed by atoms with Crippen LogP contribution >= 0.6 is 0 Å². The van der Waals surface area contributed by atoms with Crippen LogP contribution in [0.1, 0.15) is 12.8 Å². The van der Waals surface area contributed by atoms with Crippen molar-refractivity contribution in [3.63, 3.8) is 0 Å². The first kappa shape index (κ1) is 16.7. The Morgan fingerprint density at radius 3 is 2.65 bits per heavy atom. The van der Waals surface area contributed by atoms with Crippen molar-refractivity contribution in [3.8, 4) is 0 Å². The minimum atomic E-state index is -0.285. The molecule has 0 aromatic heterocycles. The smallest absolute Gasteiger partial charge is 0.244 e. The lowest BCUT2D eigenvalue weighted by atomic mass is 9.95. The van der Waals surface area contributed by atoms with E-state index in [0.29, 0.717) is 19.0 Å². The van der Waals surface area contributed by atoms with E-state index in [1.165, 1.54) is 12.8 Å². The number of hydrogen-bond acceptors (Lipinski definition) is 5. The topological polar surface area (TPSA) is 65.1 Å². The van der Waals surface area contributed by atoms with E-state index >= 15 is 0 Å². The van der Waals surface area contributed by atoms with Gasteiger partial charge in [-0.3, -0.25) is 14.5 Å². The van der Waals surface area contributed by atoms with Crippen molar-refractivity contribution >= 4 is 11.8 Å². The number of carbonyl (C=O) groups is 2. The molecule has 3 aliphatic rings. The van der Waals surface area contributed by atoms with E-state index in [1.54, 1.807) is 12.0 Å². The Labute approximate surface area is 137 Å². The van der Waals surface area contributed by atoms with E-state index in [9.17, 15) is 9.59 Å². The minimum Gasteiger partial charge on any atom is -0.383 e. The second kappa shape index (κ2) is 7.59. The van der Waals surface area contributed by atoms with Gasteiger partial charge in [-0.25, -0.2) is 0 Å². The fourth-order valence-electron chi connectivity index (χ4n) is 3.89. The molecule has 0 saturated carbocycles. The van der Waals surface area contributed by atoms with Gasteiger partial charge < -0.3 is 19.9 Å². The molecule has 3 heterocycles. The van der Waals surface area contributed by atoms with E-state index in [0.717, 1.165) is 39.3 Å². The molecule has 0 aromatic rings. The first-order valence-electron chi connectivity index (χ1n) is 8.68. The van der Waals surface area contributed by atoms with Crippen LogP contribution in [0.4, 0.5) is 0 Å². The lowest BCUT2D eigenvalue weighted by Crippen LogP contribution is -2.66. The molecule has 130 valence electrons. The standard InChI is InChI=1S/C16H28N4O3/c1-23-9-8-18-4-2-13(3-5-18)11-19-6-7-20-14(12-19)16(22)17-10-15(20)21/h13-14H,2-12H2,1H3,(H,17,22)/t14-/m0/s1. The summed E-state index contributed by atoms with van der Waals surface area (Å²) in [4.78, 5) is 30.5. The zero-order valence-electron chi connectivity index (χ0n) is 14.0. The third-order valence-electron chi connectivity index (χ3n) is 5.34. The number of carbonyl (C=O) groups excluding carboxylic acids is 2. The molecule has 0 spiro atoms. The molecule has 1 atom stereocenters. The summed E-state index contributed by atoms with van der Waals surface area (Å²) >= 11 is 0. The van der Waals surface area contributed by atoms with Gasteiger partial charge in [-0.05, 0) is 31.8 Å². The molecule has 1 N–H and O–H groups in total. The van der Waals surface area contributed by atoms with Crippen LogP contribution in [0.15, 0.2) is 0 Å². The monoisotopic (exact) mass is 324 g/mol. The third-order valence-corrected chi connectivity index (χ3v) is 5.34. The van der Waals surface area contributed by atoms with Crippen LogP contribution < -0.4 is 5.32 Å². The normalized spacial score (nSPS) is 27.9. The Morgan fingerprint density at radius 2 is 1.91 bits per heavy atom. The highest BCUT2D eigenvalue weighted by Gasteiger charge is 2.39. The Balaban J connectivity index is 1.45. The van der Waals surface area contributed by atoms with Crippen molar-refractivity contribution in [1.29, 1.82) is 0 Å². The minimum absolute atomic E-state index is 0.00341. The number of hydrogen-bond donors (Lipinski definition) is 1. The fraction of sp³-hybridized carbons (Fsp3) is 0.875. The van der Waals surface area contributed by atoms with E-state index in [2.05, 4.69) is 15.1 Å². The van der Waals surface area contributed by atoms with E-state index in [4.69, 9.17) is 4.74 Å². The van der Waals surface area contributed by atoms with Crippen LogP contribution in [0.25, 0.3) is 0 Å². The molecule has 0 bridgehead atoms. The highest BCUT2D eigenvalue weighted by molar-refractivity contribution is 5.95. The van der Waals surface area contributed by atoms with Gasteiger partial charge in [0.25, 0.3) is 0 Å². The number of methoxy groups -OCH3 is 1. The van der Waals surface area contributed by atoms with Crippen molar-refractivity contribution in [1.82, 2.24) is 20.0 Å². The molecule has 3 saturated heterocycles. The SMILES string of the molecule is COCCN1CCC(CN2CCN3C(=O)CNC(=O)[C@@H]3C2)CC1. The maximum Gasteiger partial charge on any atom is 0.244 e. The van der Waals surface area contributed by atoms with Crippen LogP contribution in [-0.4, -0.2) is 98.6 Å². The van der Waals surface area contributed by atoms with Crippen LogP contribution in [0.3, 0.4) is 0 Å². The van der Waals surface area contributed by atoms with Gasteiger partial charge in [0.05, 0.1) is 13.2 Å². The molecule has 3 fully saturated rings. The second-order valence-electron chi connectivity index (χ2n) is 6.86. The summed E-state index contributed by atoms with van der Waals surface area (Å²) in [5.41, 5.74) is 0. The number of fused-ring (bicyclic) bond motifs is 1. The quantitative estimate of drug-likeness (QED) is 0.702. The van der Waals surface area contributed by atoms with E-state index < -0.39 is 0 Å². The predicted molar refractivity (Wildman–Crippen MR) is 86.0 cm³/mol. The van der Waals surface area contributed by atoms with Crippen molar-refractivity contribution in [2.24, 2.45) is 5.92 Å². The van der Waals surface area contributed by atoms with Gasteiger partial charge >= 0.3 is 0 Å². The van der Waals surface area contributed by atoms with Gasteiger partial charge in [0.15, 0.2) is 0 Å². The number of amides is 2. The first-order valence-corrected chi connectivity index (χ1v) is 8.68. The molecule has 0 aliphatic carbocycles. The summed E-state index contributed by atoms with van der Waals surface area (Å²) in [6.45, 7) is 7.56. The highest BCUT2D eigenvalue weighted by Crippen LogP contribution is 2.21. The number of nitrogens with zero attached hydrogens (tertiary/aromatic N) is 3. The third kappa shape index (κ3) is 4.02. The number of ether oxygens (including phenoxy) is 1. The van der Waals surface area contributed by atoms with Crippen LogP contribution in [0, 0.1) is 5.92 Å². The van der Waals surface area contributed by atoms with Gasteiger partial charge in [0.1, 0.15) is 6.04 Å². The van der Waals surface area contributed by atoms with Gasteiger partial charge in [0.2, 0.25) is 11.8 Å². The number of rotatable bonds is 5. The average Bonchev–Trinajstić information content (AvgIpc) is 2.58. The molecule has 7 heteroatoms. The molecule has 7 nitrogen and oxygen atoms in total. The Morgan fingerprint density at radius 1 is 1.13 bits per heavy atom. The summed E-state index contributed by atoms with van der Waals surface area (Å²) in [7, 11) is 1.75. The molecule has 3 aliphatic heterocycles. The zero-order valence-corrected chi connectivity index (χ0v) is 14.0. The van der Waals surface area contributed by atoms with Gasteiger partial charge in [-0.2, -0.15) is 0 Å². The van der Waals surface area contributed by atoms with E-state index in [-0.39, 0.29) is 24.4 Å². The Bertz CT molecular complexity index is 437. The van der Waals surface area contributed by atoms with Crippen molar-refractivity contribution < 1.29 is 14.3 Å². The highest BCUT2D eigenvalue weighted by atomic mass is 16.5. The molecule has 2 amide bonds. The number of likely N-dealkylation sites (tertiary alicyclic amines) is 1. The summed E-state index contributed by atoms with van der Waals surface area (Å²) in [6.07, 6.45) is 2.42. The number of piperidine rings is 1. The van der Waals surface area contributed by atoms with Gasteiger partial charge in [-0.1, -0.05) is 0 Å².